The van der Waals surface area contributed by atoms with E-state index in [-0.39, 0.29) is 11.9 Å². The average Bonchev–Trinajstić information content (AvgIpc) is 3.61. The van der Waals surface area contributed by atoms with Gasteiger partial charge in [-0.15, -0.1) is 11.3 Å². The van der Waals surface area contributed by atoms with Crippen molar-refractivity contribution in [1.29, 1.82) is 0 Å². The number of nitrogens with two attached hydrogens (primary N) is 3. The van der Waals surface area contributed by atoms with E-state index in [0.29, 0.717) is 64.0 Å². The van der Waals surface area contributed by atoms with E-state index in [4.69, 9.17) is 26.9 Å². The lowest BCUT2D eigenvalue weighted by Crippen LogP contribution is -2.27. The van der Waals surface area contributed by atoms with Crippen molar-refractivity contribution in [2.24, 2.45) is 22.2 Å². The van der Waals surface area contributed by atoms with Crippen molar-refractivity contribution in [3.05, 3.63) is 89.9 Å². The summed E-state index contributed by atoms with van der Waals surface area (Å²) in [5.41, 5.74) is 19.1. The third kappa shape index (κ3) is 6.50. The number of benzene rings is 3. The first-order valence-electron chi connectivity index (χ1n) is 12.8. The summed E-state index contributed by atoms with van der Waals surface area (Å²) in [7, 11) is 0. The van der Waals surface area contributed by atoms with Gasteiger partial charge in [0.25, 0.3) is 5.91 Å². The highest BCUT2D eigenvalue weighted by atomic mass is 32.1. The second kappa shape index (κ2) is 12.3. The van der Waals surface area contributed by atoms with Crippen LogP contribution >= 0.6 is 11.3 Å². The minimum Gasteiger partial charge on any atom is -0.457 e. The molecule has 2 aromatic heterocycles. The number of rotatable bonds is 11. The fraction of sp³-hybridized carbons (Fsp3) is 0.138. The standard InChI is InChI=1S/C29H28N8O3S/c30-25(38)24(10-5-13-33-28(31)32)37-23-12-11-19(27(39)36-29-34-14-15-41-29)17-22(23)35-26(37)18-6-4-9-21(16-18)40-20-7-2-1-3-8-20/h1-4,6-9,11-12,14-17,24H,5,10,13H2,(H2,30,38)(H4,31,32,33)(H,34,36,39)/t24-/m0/s1. The second-order valence-electron chi connectivity index (χ2n) is 9.11. The fourth-order valence-electron chi connectivity index (χ4n) is 4.43. The summed E-state index contributed by atoms with van der Waals surface area (Å²) in [5, 5.41) is 5.05. The molecule has 2 heterocycles. The highest BCUT2D eigenvalue weighted by molar-refractivity contribution is 7.13. The number of anilines is 1. The zero-order chi connectivity index (χ0) is 28.8. The van der Waals surface area contributed by atoms with E-state index in [1.54, 1.807) is 34.3 Å². The highest BCUT2D eigenvalue weighted by Gasteiger charge is 2.25. The molecular formula is C29H28N8O3S. The lowest BCUT2D eigenvalue weighted by molar-refractivity contribution is -0.121. The van der Waals surface area contributed by atoms with Crippen LogP contribution in [0.3, 0.4) is 0 Å². The Morgan fingerprint density at radius 2 is 1.80 bits per heavy atom. The summed E-state index contributed by atoms with van der Waals surface area (Å²) >= 11 is 1.32. The lowest BCUT2D eigenvalue weighted by Gasteiger charge is -2.19. The van der Waals surface area contributed by atoms with Gasteiger partial charge in [-0.25, -0.2) is 9.97 Å². The molecule has 3 aromatic carbocycles. The van der Waals surface area contributed by atoms with Gasteiger partial charge in [0.2, 0.25) is 5.91 Å². The van der Waals surface area contributed by atoms with Gasteiger partial charge in [-0.1, -0.05) is 30.3 Å². The molecule has 0 spiro atoms. The van der Waals surface area contributed by atoms with Gasteiger partial charge in [0.1, 0.15) is 23.4 Å². The molecule has 11 nitrogen and oxygen atoms in total. The maximum Gasteiger partial charge on any atom is 0.257 e. The van der Waals surface area contributed by atoms with Crippen LogP contribution in [-0.4, -0.2) is 38.9 Å². The predicted molar refractivity (Wildman–Crippen MR) is 160 cm³/mol. The zero-order valence-corrected chi connectivity index (χ0v) is 22.8. The smallest absolute Gasteiger partial charge is 0.257 e. The van der Waals surface area contributed by atoms with Crippen molar-refractivity contribution in [3.63, 3.8) is 0 Å². The second-order valence-corrected chi connectivity index (χ2v) is 10.0. The number of carbonyl (C=O) groups is 2. The average molecular weight is 569 g/mol. The number of aliphatic imine (C=N–C) groups is 1. The van der Waals surface area contributed by atoms with E-state index in [1.807, 2.05) is 54.6 Å². The van der Waals surface area contributed by atoms with Crippen LogP contribution in [0.1, 0.15) is 29.2 Å². The number of nitrogens with one attached hydrogen (secondary N) is 1. The molecule has 0 saturated heterocycles. The number of aromatic nitrogens is 3. The van der Waals surface area contributed by atoms with Crippen LogP contribution in [0.4, 0.5) is 5.13 Å². The largest absolute Gasteiger partial charge is 0.457 e. The zero-order valence-electron chi connectivity index (χ0n) is 21.9. The number of ether oxygens (including phenoxy) is 1. The number of guanidine groups is 1. The molecule has 2 amide bonds. The Hall–Kier alpha value is -5.23. The minimum atomic E-state index is -0.752. The van der Waals surface area contributed by atoms with Crippen LogP contribution in [0.15, 0.2) is 89.4 Å². The Kier molecular flexibility index (Phi) is 8.20. The third-order valence-corrected chi connectivity index (χ3v) is 6.93. The number of thiazole rings is 1. The molecule has 5 rings (SSSR count). The SMILES string of the molecule is NC(=O)[C@H](CCCN=C(N)N)n1c(-c2cccc(Oc3ccccc3)c2)nc2cc(C(=O)Nc3nccs3)ccc21. The van der Waals surface area contributed by atoms with Crippen LogP contribution in [0.25, 0.3) is 22.4 Å². The number of primary amides is 1. The molecule has 0 unspecified atom stereocenters. The Morgan fingerprint density at radius 1 is 1.00 bits per heavy atom. The summed E-state index contributed by atoms with van der Waals surface area (Å²) in [5.74, 6) is 0.912. The number of fused-ring (bicyclic) bond motifs is 1. The van der Waals surface area contributed by atoms with E-state index in [2.05, 4.69) is 15.3 Å². The van der Waals surface area contributed by atoms with E-state index in [0.717, 1.165) is 0 Å². The minimum absolute atomic E-state index is 0.0202. The summed E-state index contributed by atoms with van der Waals surface area (Å²) in [6.07, 6.45) is 2.50. The molecule has 0 radical (unpaired) electrons. The van der Waals surface area contributed by atoms with Crippen LogP contribution in [-0.2, 0) is 4.79 Å². The van der Waals surface area contributed by atoms with Gasteiger partial charge in [0.05, 0.1) is 11.0 Å². The highest BCUT2D eigenvalue weighted by Crippen LogP contribution is 2.33. The van der Waals surface area contributed by atoms with Gasteiger partial charge in [0.15, 0.2) is 11.1 Å². The van der Waals surface area contributed by atoms with Crippen molar-refractivity contribution >= 4 is 45.3 Å². The first-order valence-corrected chi connectivity index (χ1v) is 13.7. The van der Waals surface area contributed by atoms with E-state index in [9.17, 15) is 9.59 Å². The molecule has 12 heteroatoms. The van der Waals surface area contributed by atoms with Crippen molar-refractivity contribution in [2.75, 3.05) is 11.9 Å². The lowest BCUT2D eigenvalue weighted by atomic mass is 10.1. The maximum atomic E-state index is 12.9. The van der Waals surface area contributed by atoms with Gasteiger partial charge in [-0.2, -0.15) is 0 Å². The number of imidazole rings is 1. The van der Waals surface area contributed by atoms with Gasteiger partial charge < -0.3 is 26.5 Å². The molecule has 0 fully saturated rings. The number of nitrogens with zero attached hydrogens (tertiary/aromatic N) is 4. The fourth-order valence-corrected chi connectivity index (χ4v) is 4.95. The van der Waals surface area contributed by atoms with Crippen LogP contribution < -0.4 is 27.3 Å². The predicted octanol–water partition coefficient (Wildman–Crippen LogP) is 4.28. The Bertz CT molecular complexity index is 1700. The first-order chi connectivity index (χ1) is 19.9. The van der Waals surface area contributed by atoms with Crippen LogP contribution in [0, 0.1) is 0 Å². The Labute approximate surface area is 239 Å². The Balaban J connectivity index is 1.56. The van der Waals surface area contributed by atoms with Crippen molar-refractivity contribution in [3.8, 4) is 22.9 Å². The molecule has 208 valence electrons. The molecule has 0 aliphatic carbocycles. The number of para-hydroxylation sites is 1. The molecule has 0 aliphatic heterocycles. The normalized spacial score (nSPS) is 11.6. The summed E-state index contributed by atoms with van der Waals surface area (Å²) in [6.45, 7) is 0.343. The quantitative estimate of drug-likeness (QED) is 0.104. The monoisotopic (exact) mass is 568 g/mol. The molecule has 0 saturated carbocycles. The molecular weight excluding hydrogens is 540 g/mol. The summed E-state index contributed by atoms with van der Waals surface area (Å²) in [4.78, 5) is 38.7. The topological polar surface area (TPSA) is 177 Å². The molecule has 5 aromatic rings. The number of carbonyl (C=O) groups excluding carboxylic acids is 2. The summed E-state index contributed by atoms with van der Waals surface area (Å²) in [6, 6.07) is 21.2. The number of hydrogen-bond acceptors (Lipinski definition) is 7. The van der Waals surface area contributed by atoms with Crippen molar-refractivity contribution in [2.45, 2.75) is 18.9 Å². The summed E-state index contributed by atoms with van der Waals surface area (Å²) < 4.78 is 7.84. The van der Waals surface area contributed by atoms with E-state index in [1.165, 1.54) is 11.3 Å². The van der Waals surface area contributed by atoms with Crippen molar-refractivity contribution < 1.29 is 14.3 Å². The maximum absolute atomic E-state index is 12.9. The van der Waals surface area contributed by atoms with Gasteiger partial charge in [0, 0.05) is 29.2 Å². The number of hydrogen-bond donors (Lipinski definition) is 4. The molecule has 7 N–H and O–H groups in total. The first kappa shape index (κ1) is 27.3. The molecule has 41 heavy (non-hydrogen) atoms. The number of amides is 2. The van der Waals surface area contributed by atoms with Gasteiger partial charge in [-0.3, -0.25) is 19.9 Å². The molecule has 1 atom stereocenters. The third-order valence-electron chi connectivity index (χ3n) is 6.25. The van der Waals surface area contributed by atoms with Gasteiger partial charge >= 0.3 is 0 Å². The molecule has 0 bridgehead atoms. The van der Waals surface area contributed by atoms with Crippen LogP contribution in [0.2, 0.25) is 0 Å². The Morgan fingerprint density at radius 3 is 2.54 bits per heavy atom. The van der Waals surface area contributed by atoms with Gasteiger partial charge in [-0.05, 0) is 55.3 Å². The van der Waals surface area contributed by atoms with E-state index < -0.39 is 11.9 Å². The van der Waals surface area contributed by atoms with Crippen LogP contribution in [0.5, 0.6) is 11.5 Å². The van der Waals surface area contributed by atoms with E-state index >= 15 is 0 Å². The molecule has 0 aliphatic rings. The van der Waals surface area contributed by atoms with Crippen molar-refractivity contribution in [1.82, 2.24) is 14.5 Å².